The van der Waals surface area contributed by atoms with Crippen LogP contribution in [0.5, 0.6) is 0 Å². The summed E-state index contributed by atoms with van der Waals surface area (Å²) in [6, 6.07) is 8.30. The van der Waals surface area contributed by atoms with E-state index in [-0.39, 0.29) is 0 Å². The number of aromatic nitrogens is 2. The molecule has 0 saturated heterocycles. The van der Waals surface area contributed by atoms with E-state index in [2.05, 4.69) is 30.2 Å². The smallest absolute Gasteiger partial charge is 0.0648 e. The third-order valence-corrected chi connectivity index (χ3v) is 1.98. The van der Waals surface area contributed by atoms with Gasteiger partial charge in [0.1, 0.15) is 0 Å². The molecule has 2 rings (SSSR count). The topological polar surface area (TPSA) is 17.8 Å². The Bertz CT molecular complexity index is 416. The van der Waals surface area contributed by atoms with Gasteiger partial charge in [0.2, 0.25) is 0 Å². The minimum absolute atomic E-state index is 1.12. The molecular weight excluding hydrogens is 184 g/mol. The molecule has 15 heavy (non-hydrogen) atoms. The predicted octanol–water partition coefficient (Wildman–Crippen LogP) is 3.52. The summed E-state index contributed by atoms with van der Waals surface area (Å²) in [6.07, 6.45) is 3.89. The molecule has 2 nitrogen and oxygen atoms in total. The van der Waals surface area contributed by atoms with Crippen molar-refractivity contribution in [3.8, 4) is 5.69 Å². The molecule has 80 valence electrons. The second-order valence-electron chi connectivity index (χ2n) is 3.30. The van der Waals surface area contributed by atoms with Gasteiger partial charge < -0.3 is 0 Å². The fourth-order valence-corrected chi connectivity index (χ4v) is 1.32. The predicted molar refractivity (Wildman–Crippen MR) is 64.4 cm³/mol. The van der Waals surface area contributed by atoms with Gasteiger partial charge in [-0.1, -0.05) is 26.0 Å². The molecule has 2 aromatic rings. The summed E-state index contributed by atoms with van der Waals surface area (Å²) < 4.78 is 1.89. The van der Waals surface area contributed by atoms with E-state index in [1.165, 1.54) is 11.1 Å². The van der Waals surface area contributed by atoms with Crippen molar-refractivity contribution < 1.29 is 0 Å². The van der Waals surface area contributed by atoms with Crippen molar-refractivity contribution in [1.82, 2.24) is 9.78 Å². The van der Waals surface area contributed by atoms with E-state index in [0.29, 0.717) is 0 Å². The zero-order chi connectivity index (χ0) is 11.3. The van der Waals surface area contributed by atoms with Crippen LogP contribution in [0.15, 0.2) is 36.7 Å². The molecule has 0 radical (unpaired) electrons. The second kappa shape index (κ2) is 5.35. The molecule has 0 unspecified atom stereocenters. The van der Waals surface area contributed by atoms with Crippen molar-refractivity contribution in [2.45, 2.75) is 27.7 Å². The lowest BCUT2D eigenvalue weighted by Gasteiger charge is -2.01. The molecule has 0 N–H and O–H groups in total. The van der Waals surface area contributed by atoms with Gasteiger partial charge in [-0.3, -0.25) is 0 Å². The third-order valence-electron chi connectivity index (χ3n) is 1.98. The molecule has 0 aliphatic rings. The Morgan fingerprint density at radius 3 is 2.33 bits per heavy atom. The van der Waals surface area contributed by atoms with Crippen LogP contribution in [0.3, 0.4) is 0 Å². The molecule has 1 aromatic heterocycles. The molecule has 0 amide bonds. The summed E-state index contributed by atoms with van der Waals surface area (Å²) in [5, 5.41) is 4.24. The van der Waals surface area contributed by atoms with Gasteiger partial charge in [-0.25, -0.2) is 4.68 Å². The molecule has 1 heterocycles. The van der Waals surface area contributed by atoms with Crippen LogP contribution >= 0.6 is 0 Å². The Morgan fingerprint density at radius 1 is 1.07 bits per heavy atom. The lowest BCUT2D eigenvalue weighted by atomic mass is 10.2. The van der Waals surface area contributed by atoms with Gasteiger partial charge in [0.25, 0.3) is 0 Å². The molecule has 0 aliphatic heterocycles. The van der Waals surface area contributed by atoms with E-state index in [4.69, 9.17) is 0 Å². The largest absolute Gasteiger partial charge is 0.241 e. The van der Waals surface area contributed by atoms with Crippen LogP contribution < -0.4 is 0 Å². The number of hydrogen-bond donors (Lipinski definition) is 0. The highest BCUT2D eigenvalue weighted by Crippen LogP contribution is 2.09. The molecule has 0 spiro atoms. The first kappa shape index (κ1) is 11.5. The van der Waals surface area contributed by atoms with Crippen LogP contribution in [-0.2, 0) is 0 Å². The lowest BCUT2D eigenvalue weighted by molar-refractivity contribution is 0.879. The standard InChI is InChI=1S/C11H12N2.C2H6/c1-9-4-3-5-11(6-9)13-8-10(2)7-12-13;1-2/h3-8H,1-2H3;1-2H3. The second-order valence-corrected chi connectivity index (χ2v) is 3.30. The molecule has 1 aromatic carbocycles. The number of hydrogen-bond acceptors (Lipinski definition) is 1. The van der Waals surface area contributed by atoms with E-state index in [1.54, 1.807) is 0 Å². The van der Waals surface area contributed by atoms with Gasteiger partial charge in [0.05, 0.1) is 11.9 Å². The molecule has 2 heteroatoms. The average molecular weight is 202 g/mol. The fourth-order valence-electron chi connectivity index (χ4n) is 1.32. The monoisotopic (exact) mass is 202 g/mol. The summed E-state index contributed by atoms with van der Waals surface area (Å²) in [5.74, 6) is 0. The Labute approximate surface area is 91.6 Å². The maximum atomic E-state index is 4.24. The number of rotatable bonds is 1. The first-order chi connectivity index (χ1) is 7.25. The maximum absolute atomic E-state index is 4.24. The Balaban J connectivity index is 0.000000531. The summed E-state index contributed by atoms with van der Waals surface area (Å²) in [5.41, 5.74) is 3.56. The van der Waals surface area contributed by atoms with Crippen LogP contribution in [0.2, 0.25) is 0 Å². The molecule has 0 saturated carbocycles. The van der Waals surface area contributed by atoms with Crippen LogP contribution in [0, 0.1) is 13.8 Å². The fraction of sp³-hybridized carbons (Fsp3) is 0.308. The highest BCUT2D eigenvalue weighted by molar-refractivity contribution is 5.34. The summed E-state index contributed by atoms with van der Waals surface area (Å²) in [7, 11) is 0. The number of nitrogens with zero attached hydrogens (tertiary/aromatic N) is 2. The lowest BCUT2D eigenvalue weighted by Crippen LogP contribution is -1.93. The van der Waals surface area contributed by atoms with Gasteiger partial charge in [-0.05, 0) is 37.1 Å². The van der Waals surface area contributed by atoms with Gasteiger partial charge in [-0.2, -0.15) is 5.10 Å². The number of benzene rings is 1. The van der Waals surface area contributed by atoms with Crippen molar-refractivity contribution in [3.05, 3.63) is 47.8 Å². The van der Waals surface area contributed by atoms with Crippen molar-refractivity contribution in [1.29, 1.82) is 0 Å². The Kier molecular flexibility index (Phi) is 4.10. The molecular formula is C13H18N2. The highest BCUT2D eigenvalue weighted by Gasteiger charge is 1.96. The summed E-state index contributed by atoms with van der Waals surface area (Å²) in [6.45, 7) is 8.12. The third kappa shape index (κ3) is 2.94. The zero-order valence-corrected chi connectivity index (χ0v) is 9.86. The van der Waals surface area contributed by atoms with Gasteiger partial charge in [0, 0.05) is 6.20 Å². The van der Waals surface area contributed by atoms with Gasteiger partial charge in [-0.15, -0.1) is 0 Å². The van der Waals surface area contributed by atoms with Crippen molar-refractivity contribution >= 4 is 0 Å². The van der Waals surface area contributed by atoms with E-state index >= 15 is 0 Å². The zero-order valence-electron chi connectivity index (χ0n) is 9.86. The van der Waals surface area contributed by atoms with E-state index in [0.717, 1.165) is 5.69 Å². The van der Waals surface area contributed by atoms with Gasteiger partial charge >= 0.3 is 0 Å². The van der Waals surface area contributed by atoms with Crippen LogP contribution in [0.25, 0.3) is 5.69 Å². The average Bonchev–Trinajstić information content (AvgIpc) is 2.68. The summed E-state index contributed by atoms with van der Waals surface area (Å²) >= 11 is 0. The normalized spacial score (nSPS) is 9.33. The Hall–Kier alpha value is -1.57. The van der Waals surface area contributed by atoms with Crippen LogP contribution in [0.1, 0.15) is 25.0 Å². The summed E-state index contributed by atoms with van der Waals surface area (Å²) in [4.78, 5) is 0. The molecule has 0 bridgehead atoms. The first-order valence-electron chi connectivity index (χ1n) is 5.34. The first-order valence-corrected chi connectivity index (χ1v) is 5.34. The number of aryl methyl sites for hydroxylation is 2. The Morgan fingerprint density at radius 2 is 1.80 bits per heavy atom. The van der Waals surface area contributed by atoms with Crippen molar-refractivity contribution in [3.63, 3.8) is 0 Å². The van der Waals surface area contributed by atoms with E-state index < -0.39 is 0 Å². The van der Waals surface area contributed by atoms with Crippen LogP contribution in [-0.4, -0.2) is 9.78 Å². The molecule has 0 fully saturated rings. The molecule has 0 atom stereocenters. The van der Waals surface area contributed by atoms with E-state index in [1.807, 2.05) is 43.9 Å². The minimum atomic E-state index is 1.12. The SMILES string of the molecule is CC.Cc1cccc(-n2cc(C)cn2)c1. The highest BCUT2D eigenvalue weighted by atomic mass is 15.3. The molecule has 0 aliphatic carbocycles. The van der Waals surface area contributed by atoms with Crippen molar-refractivity contribution in [2.24, 2.45) is 0 Å². The quantitative estimate of drug-likeness (QED) is 0.692. The van der Waals surface area contributed by atoms with Crippen LogP contribution in [0.4, 0.5) is 0 Å². The minimum Gasteiger partial charge on any atom is -0.241 e. The van der Waals surface area contributed by atoms with E-state index in [9.17, 15) is 0 Å². The van der Waals surface area contributed by atoms with Crippen molar-refractivity contribution in [2.75, 3.05) is 0 Å². The maximum Gasteiger partial charge on any atom is 0.0648 e. The van der Waals surface area contributed by atoms with Gasteiger partial charge in [0.15, 0.2) is 0 Å².